The minimum absolute atomic E-state index is 0.0856. The van der Waals surface area contributed by atoms with E-state index in [1.807, 2.05) is 0 Å². The van der Waals surface area contributed by atoms with Gasteiger partial charge in [0.15, 0.2) is 6.10 Å². The quantitative estimate of drug-likeness (QED) is 0.0261. The van der Waals surface area contributed by atoms with Crippen molar-refractivity contribution in [3.63, 3.8) is 0 Å². The second-order valence-corrected chi connectivity index (χ2v) is 20.2. The van der Waals surface area contributed by atoms with Crippen molar-refractivity contribution in [1.82, 2.24) is 0 Å². The number of rotatable bonds is 55. The van der Waals surface area contributed by atoms with E-state index in [1.165, 1.54) is 103 Å². The molecule has 0 N–H and O–H groups in total. The van der Waals surface area contributed by atoms with Crippen LogP contribution in [0.25, 0.3) is 0 Å². The number of carbonyl (C=O) groups is 3. The average Bonchev–Trinajstić information content (AvgIpc) is 3.41. The molecule has 1 atom stereocenters. The summed E-state index contributed by atoms with van der Waals surface area (Å²) in [6.45, 7) is 6.40. The molecule has 0 aliphatic carbocycles. The van der Waals surface area contributed by atoms with Gasteiger partial charge in [-0.25, -0.2) is 0 Å². The fraction of sp³-hybridized carbons (Fsp3) is 0.667. The third-order valence-corrected chi connectivity index (χ3v) is 13.0. The Morgan fingerprint density at radius 3 is 0.840 bits per heavy atom. The van der Waals surface area contributed by atoms with Gasteiger partial charge < -0.3 is 14.2 Å². The van der Waals surface area contributed by atoms with E-state index in [9.17, 15) is 14.4 Å². The van der Waals surface area contributed by atoms with Crippen LogP contribution in [0.5, 0.6) is 0 Å². The van der Waals surface area contributed by atoms with Crippen molar-refractivity contribution in [3.05, 3.63) is 122 Å². The molecular weight excluding hydrogens is 925 g/mol. The minimum atomic E-state index is -0.785. The highest BCUT2D eigenvalue weighted by molar-refractivity contribution is 5.71. The third-order valence-electron chi connectivity index (χ3n) is 13.0. The lowest BCUT2D eigenvalue weighted by molar-refractivity contribution is -0.167. The van der Waals surface area contributed by atoms with Crippen LogP contribution in [-0.4, -0.2) is 37.2 Å². The first-order chi connectivity index (χ1) is 37.0. The first kappa shape index (κ1) is 70.8. The van der Waals surface area contributed by atoms with Crippen LogP contribution < -0.4 is 0 Å². The monoisotopic (exact) mass is 1040 g/mol. The van der Waals surface area contributed by atoms with Gasteiger partial charge in [0.1, 0.15) is 13.2 Å². The second-order valence-electron chi connectivity index (χ2n) is 20.2. The Bertz CT molecular complexity index is 1570. The summed E-state index contributed by atoms with van der Waals surface area (Å²) in [5.74, 6) is -0.914. The van der Waals surface area contributed by atoms with Crippen molar-refractivity contribution in [1.29, 1.82) is 0 Å². The van der Waals surface area contributed by atoms with E-state index in [-0.39, 0.29) is 31.1 Å². The number of esters is 3. The zero-order chi connectivity index (χ0) is 54.3. The van der Waals surface area contributed by atoms with Crippen LogP contribution in [0.1, 0.15) is 278 Å². The topological polar surface area (TPSA) is 78.9 Å². The van der Waals surface area contributed by atoms with Gasteiger partial charge in [0.05, 0.1) is 0 Å². The van der Waals surface area contributed by atoms with E-state index >= 15 is 0 Å². The normalized spacial score (nSPS) is 12.9. The van der Waals surface area contributed by atoms with Crippen molar-refractivity contribution in [2.75, 3.05) is 13.2 Å². The largest absolute Gasteiger partial charge is 0.462 e. The first-order valence-corrected chi connectivity index (χ1v) is 31.0. The molecule has 0 aliphatic heterocycles. The summed E-state index contributed by atoms with van der Waals surface area (Å²) in [6.07, 6.45) is 86.7. The maximum Gasteiger partial charge on any atom is 0.306 e. The summed E-state index contributed by atoms with van der Waals surface area (Å²) in [6, 6.07) is 0. The predicted octanol–water partition coefficient (Wildman–Crippen LogP) is 21.2. The van der Waals surface area contributed by atoms with E-state index in [2.05, 4.69) is 142 Å². The van der Waals surface area contributed by atoms with Gasteiger partial charge in [-0.2, -0.15) is 0 Å². The van der Waals surface area contributed by atoms with E-state index in [0.29, 0.717) is 19.3 Å². The fourth-order valence-corrected chi connectivity index (χ4v) is 8.31. The Morgan fingerprint density at radius 2 is 0.520 bits per heavy atom. The van der Waals surface area contributed by atoms with Crippen molar-refractivity contribution < 1.29 is 28.6 Å². The van der Waals surface area contributed by atoms with Crippen LogP contribution in [0, 0.1) is 0 Å². The molecule has 0 rings (SSSR count). The van der Waals surface area contributed by atoms with Crippen molar-refractivity contribution in [2.24, 2.45) is 0 Å². The lowest BCUT2D eigenvalue weighted by atomic mass is 10.0. The van der Waals surface area contributed by atoms with Crippen LogP contribution in [0.15, 0.2) is 122 Å². The number of allylic oxidation sites excluding steroid dienone is 20. The number of carbonyl (C=O) groups excluding carboxylic acids is 3. The van der Waals surface area contributed by atoms with E-state index in [1.54, 1.807) is 0 Å². The summed E-state index contributed by atoms with van der Waals surface area (Å²) >= 11 is 0. The molecule has 0 amide bonds. The minimum Gasteiger partial charge on any atom is -0.462 e. The average molecular weight is 1040 g/mol. The molecule has 0 aromatic heterocycles. The van der Waals surface area contributed by atoms with Crippen molar-refractivity contribution in [2.45, 2.75) is 284 Å². The van der Waals surface area contributed by atoms with Crippen LogP contribution in [0.3, 0.4) is 0 Å². The van der Waals surface area contributed by atoms with Crippen molar-refractivity contribution in [3.8, 4) is 0 Å². The number of hydrogen-bond donors (Lipinski definition) is 0. The molecule has 426 valence electrons. The van der Waals surface area contributed by atoms with Crippen LogP contribution in [0.4, 0.5) is 0 Å². The SMILES string of the molecule is CC/C=C\C/C=C\C/C=C\C/C=C\C/C=C\C/C=C\C/C=C\CCCCCCCCCCCCCC(=O)OCC(COC(=O)CCCCCCC)OC(=O)CCCCCCCC/C=C\C/C=C\C/C=C\CCCCC. The van der Waals surface area contributed by atoms with E-state index in [0.717, 1.165) is 135 Å². The van der Waals surface area contributed by atoms with Crippen LogP contribution in [-0.2, 0) is 28.6 Å². The van der Waals surface area contributed by atoms with Crippen LogP contribution in [0.2, 0.25) is 0 Å². The van der Waals surface area contributed by atoms with Crippen LogP contribution >= 0.6 is 0 Å². The zero-order valence-corrected chi connectivity index (χ0v) is 48.8. The predicted molar refractivity (Wildman–Crippen MR) is 325 cm³/mol. The maximum absolute atomic E-state index is 12.8. The van der Waals surface area contributed by atoms with E-state index < -0.39 is 6.10 Å². The Morgan fingerprint density at radius 1 is 0.280 bits per heavy atom. The Kier molecular flexibility index (Phi) is 58.9. The van der Waals surface area contributed by atoms with E-state index in [4.69, 9.17) is 14.2 Å². The zero-order valence-electron chi connectivity index (χ0n) is 48.8. The Hall–Kier alpha value is -4.19. The lowest BCUT2D eigenvalue weighted by Crippen LogP contribution is -2.30. The molecule has 0 fully saturated rings. The summed E-state index contributed by atoms with van der Waals surface area (Å²) in [5, 5.41) is 0. The molecule has 0 radical (unpaired) electrons. The van der Waals surface area contributed by atoms with Gasteiger partial charge in [-0.15, -0.1) is 0 Å². The first-order valence-electron chi connectivity index (χ1n) is 31.0. The lowest BCUT2D eigenvalue weighted by Gasteiger charge is -2.18. The summed E-state index contributed by atoms with van der Waals surface area (Å²) in [5.41, 5.74) is 0. The highest BCUT2D eigenvalue weighted by atomic mass is 16.6. The highest BCUT2D eigenvalue weighted by Crippen LogP contribution is 2.15. The Labute approximate surface area is 462 Å². The molecule has 0 bridgehead atoms. The van der Waals surface area contributed by atoms with Gasteiger partial charge in [-0.05, 0) is 116 Å². The summed E-state index contributed by atoms with van der Waals surface area (Å²) in [7, 11) is 0. The molecule has 0 aromatic carbocycles. The smallest absolute Gasteiger partial charge is 0.306 e. The standard InChI is InChI=1S/C69H114O6/c1-4-7-10-13-15-17-19-21-23-25-27-28-29-30-31-32-33-34-35-36-37-38-39-40-42-43-45-47-49-51-53-56-59-62-68(71)74-65-66(64-73-67(70)61-58-55-12-9-6-3)75-69(72)63-60-57-54-52-50-48-46-44-41-26-24-22-20-18-16-14-11-8-5-2/h7,10,15-18,21-24,27-28,30-31,33-34,36-37,41,44,66H,4-6,8-9,11-14,19-20,25-26,29,32,35,38-40,42-43,45-65H2,1-3H3/b10-7-,17-15-,18-16-,23-21-,24-22-,28-27-,31-30-,34-33-,37-36-,44-41-. The highest BCUT2D eigenvalue weighted by Gasteiger charge is 2.19. The molecule has 0 aromatic rings. The van der Waals surface area contributed by atoms with Gasteiger partial charge in [-0.1, -0.05) is 264 Å². The molecule has 0 spiro atoms. The number of unbranched alkanes of at least 4 members (excludes halogenated alkanes) is 24. The van der Waals surface area contributed by atoms with Gasteiger partial charge in [0.2, 0.25) is 0 Å². The second kappa shape index (κ2) is 62.4. The maximum atomic E-state index is 12.8. The third kappa shape index (κ3) is 60.6. The fourth-order valence-electron chi connectivity index (χ4n) is 8.31. The molecule has 1 unspecified atom stereocenters. The summed E-state index contributed by atoms with van der Waals surface area (Å²) in [4.78, 5) is 37.9. The number of ether oxygens (including phenoxy) is 3. The summed E-state index contributed by atoms with van der Waals surface area (Å²) < 4.78 is 16.7. The molecule has 0 heterocycles. The van der Waals surface area contributed by atoms with Gasteiger partial charge >= 0.3 is 17.9 Å². The Balaban J connectivity index is 4.06. The molecular formula is C69H114O6. The van der Waals surface area contributed by atoms with Gasteiger partial charge in [0, 0.05) is 19.3 Å². The van der Waals surface area contributed by atoms with Crippen molar-refractivity contribution >= 4 is 17.9 Å². The van der Waals surface area contributed by atoms with Gasteiger partial charge in [0.25, 0.3) is 0 Å². The molecule has 0 aliphatic rings. The molecule has 75 heavy (non-hydrogen) atoms. The molecule has 6 nitrogen and oxygen atoms in total. The number of hydrogen-bond acceptors (Lipinski definition) is 6. The molecule has 0 saturated carbocycles. The molecule has 6 heteroatoms. The molecule has 0 saturated heterocycles. The van der Waals surface area contributed by atoms with Gasteiger partial charge in [-0.3, -0.25) is 14.4 Å².